The quantitative estimate of drug-likeness (QED) is 0.721. The summed E-state index contributed by atoms with van der Waals surface area (Å²) >= 11 is 0. The normalized spacial score (nSPS) is 10.4. The van der Waals surface area contributed by atoms with Gasteiger partial charge in [-0.05, 0) is 31.0 Å². The van der Waals surface area contributed by atoms with Gasteiger partial charge in [-0.1, -0.05) is 35.9 Å². The molecule has 0 saturated heterocycles. The molecule has 0 aliphatic heterocycles. The van der Waals surface area contributed by atoms with E-state index in [9.17, 15) is 4.39 Å². The molecule has 0 bridgehead atoms. The van der Waals surface area contributed by atoms with E-state index in [2.05, 4.69) is 0 Å². The average molecular weight is 215 g/mol. The maximum absolute atomic E-state index is 13.4. The third-order valence-corrected chi connectivity index (χ3v) is 2.74. The first-order valence-electron chi connectivity index (χ1n) is 5.21. The van der Waals surface area contributed by atoms with Crippen LogP contribution in [0, 0.1) is 19.7 Å². The molecule has 82 valence electrons. The van der Waals surface area contributed by atoms with Gasteiger partial charge in [0.25, 0.3) is 0 Å². The van der Waals surface area contributed by atoms with Gasteiger partial charge in [0.2, 0.25) is 0 Å². The van der Waals surface area contributed by atoms with Crippen LogP contribution < -0.4 is 5.73 Å². The number of nitrogen functional groups attached to an aromatic ring is 1. The highest BCUT2D eigenvalue weighted by atomic mass is 19.1. The Morgan fingerprint density at radius 3 is 2.50 bits per heavy atom. The van der Waals surface area contributed by atoms with Crippen molar-refractivity contribution in [3.05, 3.63) is 53.3 Å². The number of hydrogen-bond donors (Lipinski definition) is 1. The summed E-state index contributed by atoms with van der Waals surface area (Å²) in [6.07, 6.45) is 0. The van der Waals surface area contributed by atoms with Crippen LogP contribution in [0.1, 0.15) is 11.1 Å². The fourth-order valence-corrected chi connectivity index (χ4v) is 1.80. The largest absolute Gasteiger partial charge is 0.396 e. The van der Waals surface area contributed by atoms with Crippen molar-refractivity contribution in [2.24, 2.45) is 0 Å². The predicted molar refractivity (Wildman–Crippen MR) is 65.7 cm³/mol. The Morgan fingerprint density at radius 1 is 1.00 bits per heavy atom. The molecular weight excluding hydrogens is 201 g/mol. The molecular formula is C14H14FN. The van der Waals surface area contributed by atoms with Crippen LogP contribution in [0.4, 0.5) is 10.1 Å². The molecule has 0 aromatic heterocycles. The van der Waals surface area contributed by atoms with Gasteiger partial charge in [0.1, 0.15) is 5.82 Å². The van der Waals surface area contributed by atoms with Crippen LogP contribution in [0.3, 0.4) is 0 Å². The molecule has 0 spiro atoms. The van der Waals surface area contributed by atoms with Gasteiger partial charge in [-0.3, -0.25) is 0 Å². The molecule has 16 heavy (non-hydrogen) atoms. The highest BCUT2D eigenvalue weighted by Crippen LogP contribution is 2.30. The second-order valence-electron chi connectivity index (χ2n) is 4.02. The summed E-state index contributed by atoms with van der Waals surface area (Å²) in [5.41, 5.74) is 9.98. The Balaban J connectivity index is 2.67. The number of rotatable bonds is 1. The molecule has 0 atom stereocenters. The van der Waals surface area contributed by atoms with Gasteiger partial charge >= 0.3 is 0 Å². The van der Waals surface area contributed by atoms with E-state index in [1.165, 1.54) is 6.07 Å². The summed E-state index contributed by atoms with van der Waals surface area (Å²) < 4.78 is 13.4. The second kappa shape index (κ2) is 3.97. The van der Waals surface area contributed by atoms with Crippen LogP contribution in [0.2, 0.25) is 0 Å². The van der Waals surface area contributed by atoms with Gasteiger partial charge in [0, 0.05) is 5.56 Å². The van der Waals surface area contributed by atoms with Crippen LogP contribution in [-0.2, 0) is 0 Å². The van der Waals surface area contributed by atoms with Crippen molar-refractivity contribution in [1.29, 1.82) is 0 Å². The lowest BCUT2D eigenvalue weighted by Crippen LogP contribution is -1.95. The number of benzene rings is 2. The van der Waals surface area contributed by atoms with Crippen molar-refractivity contribution < 1.29 is 4.39 Å². The fourth-order valence-electron chi connectivity index (χ4n) is 1.80. The van der Waals surface area contributed by atoms with Crippen LogP contribution in [0.5, 0.6) is 0 Å². The van der Waals surface area contributed by atoms with E-state index in [4.69, 9.17) is 5.73 Å². The first-order chi connectivity index (χ1) is 7.59. The minimum absolute atomic E-state index is 0.219. The molecule has 0 radical (unpaired) electrons. The average Bonchev–Trinajstić information content (AvgIpc) is 2.26. The Bertz CT molecular complexity index is 532. The highest BCUT2D eigenvalue weighted by Gasteiger charge is 2.08. The number of anilines is 1. The molecule has 0 heterocycles. The monoisotopic (exact) mass is 215 g/mol. The zero-order chi connectivity index (χ0) is 11.7. The molecule has 2 N–H and O–H groups in total. The number of para-hydroxylation sites is 1. The molecule has 2 heteroatoms. The number of nitrogens with two attached hydrogens (primary N) is 1. The standard InChI is InChI=1S/C14H14FN/c1-9-6-7-10(2)12(8-9)11-4-3-5-13(15)14(11)16/h3-8H,16H2,1-2H3. The maximum atomic E-state index is 13.4. The molecule has 0 amide bonds. The summed E-state index contributed by atoms with van der Waals surface area (Å²) in [7, 11) is 0. The van der Waals surface area contributed by atoms with Crippen LogP contribution >= 0.6 is 0 Å². The van der Waals surface area contributed by atoms with E-state index in [0.29, 0.717) is 0 Å². The molecule has 1 nitrogen and oxygen atoms in total. The van der Waals surface area contributed by atoms with Crippen molar-refractivity contribution in [3.8, 4) is 11.1 Å². The third kappa shape index (κ3) is 1.78. The van der Waals surface area contributed by atoms with Crippen LogP contribution in [0.25, 0.3) is 11.1 Å². The first kappa shape index (κ1) is 10.7. The van der Waals surface area contributed by atoms with Gasteiger partial charge in [0.15, 0.2) is 0 Å². The molecule has 0 saturated carbocycles. The van der Waals surface area contributed by atoms with Crippen LogP contribution in [-0.4, -0.2) is 0 Å². The number of aryl methyl sites for hydroxylation is 2. The van der Waals surface area contributed by atoms with E-state index in [0.717, 1.165) is 22.3 Å². The lowest BCUT2D eigenvalue weighted by molar-refractivity contribution is 0.633. The van der Waals surface area contributed by atoms with Crippen LogP contribution in [0.15, 0.2) is 36.4 Å². The summed E-state index contributed by atoms with van der Waals surface area (Å²) in [6, 6.07) is 11.0. The second-order valence-corrected chi connectivity index (χ2v) is 4.02. The molecule has 0 aliphatic rings. The zero-order valence-electron chi connectivity index (χ0n) is 9.42. The smallest absolute Gasteiger partial charge is 0.146 e. The third-order valence-electron chi connectivity index (χ3n) is 2.74. The van der Waals surface area contributed by atoms with Gasteiger partial charge in [-0.2, -0.15) is 0 Å². The minimum atomic E-state index is -0.363. The van der Waals surface area contributed by atoms with E-state index in [1.807, 2.05) is 38.1 Å². The van der Waals surface area contributed by atoms with Crippen molar-refractivity contribution in [2.45, 2.75) is 13.8 Å². The van der Waals surface area contributed by atoms with Crippen molar-refractivity contribution >= 4 is 5.69 Å². The minimum Gasteiger partial charge on any atom is -0.396 e. The molecule has 2 rings (SSSR count). The number of hydrogen-bond acceptors (Lipinski definition) is 1. The molecule has 0 unspecified atom stereocenters. The van der Waals surface area contributed by atoms with Gasteiger partial charge < -0.3 is 5.73 Å². The summed E-state index contributed by atoms with van der Waals surface area (Å²) in [4.78, 5) is 0. The van der Waals surface area contributed by atoms with E-state index in [-0.39, 0.29) is 11.5 Å². The molecule has 2 aromatic carbocycles. The maximum Gasteiger partial charge on any atom is 0.146 e. The predicted octanol–water partition coefficient (Wildman–Crippen LogP) is 3.69. The molecule has 0 aliphatic carbocycles. The Kier molecular flexibility index (Phi) is 2.65. The molecule has 0 fully saturated rings. The summed E-state index contributed by atoms with van der Waals surface area (Å²) in [5.74, 6) is -0.363. The van der Waals surface area contributed by atoms with E-state index < -0.39 is 0 Å². The fraction of sp³-hybridized carbons (Fsp3) is 0.143. The Hall–Kier alpha value is -1.83. The van der Waals surface area contributed by atoms with E-state index in [1.54, 1.807) is 6.07 Å². The van der Waals surface area contributed by atoms with E-state index >= 15 is 0 Å². The van der Waals surface area contributed by atoms with Gasteiger partial charge in [-0.25, -0.2) is 4.39 Å². The number of halogens is 1. The first-order valence-corrected chi connectivity index (χ1v) is 5.21. The lowest BCUT2D eigenvalue weighted by Gasteiger charge is -2.10. The van der Waals surface area contributed by atoms with Crippen molar-refractivity contribution in [3.63, 3.8) is 0 Å². The van der Waals surface area contributed by atoms with Gasteiger partial charge in [-0.15, -0.1) is 0 Å². The molecule has 2 aromatic rings. The topological polar surface area (TPSA) is 26.0 Å². The Labute approximate surface area is 94.7 Å². The highest BCUT2D eigenvalue weighted by molar-refractivity contribution is 5.79. The Morgan fingerprint density at radius 2 is 1.75 bits per heavy atom. The van der Waals surface area contributed by atoms with Crippen molar-refractivity contribution in [1.82, 2.24) is 0 Å². The van der Waals surface area contributed by atoms with Crippen molar-refractivity contribution in [2.75, 3.05) is 5.73 Å². The SMILES string of the molecule is Cc1ccc(C)c(-c2cccc(F)c2N)c1. The summed E-state index contributed by atoms with van der Waals surface area (Å²) in [6.45, 7) is 4.01. The lowest BCUT2D eigenvalue weighted by atomic mass is 9.97. The zero-order valence-corrected chi connectivity index (χ0v) is 9.42. The van der Waals surface area contributed by atoms with Gasteiger partial charge in [0.05, 0.1) is 5.69 Å². The summed E-state index contributed by atoms with van der Waals surface area (Å²) in [5, 5.41) is 0.